The maximum absolute atomic E-state index is 13.4. The van der Waals surface area contributed by atoms with Gasteiger partial charge in [-0.25, -0.2) is 18.7 Å². The van der Waals surface area contributed by atoms with Crippen molar-refractivity contribution in [3.8, 4) is 11.6 Å². The molecule has 2 aromatic heterocycles. The van der Waals surface area contributed by atoms with E-state index >= 15 is 0 Å². The summed E-state index contributed by atoms with van der Waals surface area (Å²) in [4.78, 5) is 12.3. The van der Waals surface area contributed by atoms with Crippen LogP contribution in [0.25, 0.3) is 16.9 Å². The van der Waals surface area contributed by atoms with Crippen LogP contribution >= 0.6 is 11.6 Å². The van der Waals surface area contributed by atoms with Crippen LogP contribution in [0.4, 0.5) is 8.78 Å². The molecule has 108 valence electrons. The fourth-order valence-corrected chi connectivity index (χ4v) is 2.27. The Morgan fingerprint density at radius 3 is 2.52 bits per heavy atom. The van der Waals surface area contributed by atoms with Crippen molar-refractivity contribution >= 4 is 22.8 Å². The average Bonchev–Trinajstić information content (AvgIpc) is 2.84. The zero-order valence-electron chi connectivity index (χ0n) is 10.8. The van der Waals surface area contributed by atoms with E-state index in [9.17, 15) is 8.78 Å². The van der Waals surface area contributed by atoms with Gasteiger partial charge in [0.1, 0.15) is 23.8 Å². The SMILES string of the molecule is COc1ncnc2c1nc(CCl)n2-c1cc(F)cc(F)c1. The molecule has 3 aromatic rings. The number of halogens is 3. The quantitative estimate of drug-likeness (QED) is 0.698. The number of benzene rings is 1. The second-order valence-corrected chi connectivity index (χ2v) is 4.45. The summed E-state index contributed by atoms with van der Waals surface area (Å²) in [6.07, 6.45) is 1.28. The fourth-order valence-electron chi connectivity index (χ4n) is 2.10. The first kappa shape index (κ1) is 13.7. The van der Waals surface area contributed by atoms with Crippen LogP contribution in [0.2, 0.25) is 0 Å². The number of hydrogen-bond donors (Lipinski definition) is 0. The van der Waals surface area contributed by atoms with Gasteiger partial charge in [-0.2, -0.15) is 4.98 Å². The molecule has 0 aliphatic carbocycles. The minimum absolute atomic E-state index is 0.0393. The normalized spacial score (nSPS) is 11.0. The van der Waals surface area contributed by atoms with Crippen LogP contribution in [0.15, 0.2) is 24.5 Å². The van der Waals surface area contributed by atoms with Crippen molar-refractivity contribution in [1.29, 1.82) is 0 Å². The molecule has 0 radical (unpaired) electrons. The van der Waals surface area contributed by atoms with Gasteiger partial charge in [-0.1, -0.05) is 0 Å². The smallest absolute Gasteiger partial charge is 0.245 e. The Kier molecular flexibility index (Phi) is 3.42. The Bertz CT molecular complexity index is 801. The molecule has 0 N–H and O–H groups in total. The second-order valence-electron chi connectivity index (χ2n) is 4.18. The number of imidazole rings is 1. The summed E-state index contributed by atoms with van der Waals surface area (Å²) in [5, 5.41) is 0. The van der Waals surface area contributed by atoms with Gasteiger partial charge < -0.3 is 4.74 Å². The molecule has 2 heterocycles. The molecule has 0 unspecified atom stereocenters. The Labute approximate surface area is 123 Å². The lowest BCUT2D eigenvalue weighted by Gasteiger charge is -2.07. The van der Waals surface area contributed by atoms with E-state index < -0.39 is 11.6 Å². The number of fused-ring (bicyclic) bond motifs is 1. The van der Waals surface area contributed by atoms with Gasteiger partial charge in [0.05, 0.1) is 18.7 Å². The topological polar surface area (TPSA) is 52.8 Å². The van der Waals surface area contributed by atoms with Gasteiger partial charge in [0.2, 0.25) is 5.88 Å². The van der Waals surface area contributed by atoms with Gasteiger partial charge >= 0.3 is 0 Å². The Hall–Kier alpha value is -2.28. The number of hydrogen-bond acceptors (Lipinski definition) is 4. The predicted octanol–water partition coefficient (Wildman–Crippen LogP) is 2.84. The highest BCUT2D eigenvalue weighted by Gasteiger charge is 2.18. The Balaban J connectivity index is 2.35. The van der Waals surface area contributed by atoms with E-state index in [1.54, 1.807) is 0 Å². The predicted molar refractivity (Wildman–Crippen MR) is 72.7 cm³/mol. The molecule has 0 aliphatic rings. The third kappa shape index (κ3) is 2.29. The van der Waals surface area contributed by atoms with Crippen LogP contribution in [-0.4, -0.2) is 26.6 Å². The number of alkyl halides is 1. The summed E-state index contributed by atoms with van der Waals surface area (Å²) in [5.41, 5.74) is 0.981. The van der Waals surface area contributed by atoms with Gasteiger partial charge in [0.25, 0.3) is 0 Å². The molecule has 21 heavy (non-hydrogen) atoms. The van der Waals surface area contributed by atoms with Crippen molar-refractivity contribution in [1.82, 2.24) is 19.5 Å². The van der Waals surface area contributed by atoms with Gasteiger partial charge in [-0.3, -0.25) is 4.57 Å². The van der Waals surface area contributed by atoms with E-state index in [2.05, 4.69) is 15.0 Å². The standard InChI is InChI=1S/C13H9ClF2N4O/c1-21-13-11-12(17-6-18-13)20(10(5-14)19-11)9-3-7(15)2-8(16)4-9/h2-4,6H,5H2,1H3. The molecular formula is C13H9ClF2N4O. The van der Waals surface area contributed by atoms with Crippen molar-refractivity contribution < 1.29 is 13.5 Å². The zero-order valence-corrected chi connectivity index (χ0v) is 11.6. The van der Waals surface area contributed by atoms with Crippen molar-refractivity contribution in [2.45, 2.75) is 5.88 Å². The molecule has 0 saturated heterocycles. The van der Waals surface area contributed by atoms with Crippen LogP contribution < -0.4 is 4.74 Å². The van der Waals surface area contributed by atoms with Gasteiger partial charge in [-0.05, 0) is 12.1 Å². The number of rotatable bonds is 3. The zero-order chi connectivity index (χ0) is 15.0. The highest BCUT2D eigenvalue weighted by atomic mass is 35.5. The summed E-state index contributed by atoms with van der Waals surface area (Å²) in [5.74, 6) is -0.711. The molecule has 3 rings (SSSR count). The molecule has 5 nitrogen and oxygen atoms in total. The first-order valence-electron chi connectivity index (χ1n) is 5.92. The summed E-state index contributed by atoms with van der Waals surface area (Å²) in [6, 6.07) is 3.14. The molecule has 0 amide bonds. The minimum Gasteiger partial charge on any atom is -0.479 e. The maximum atomic E-state index is 13.4. The fraction of sp³-hybridized carbons (Fsp3) is 0.154. The lowest BCUT2D eigenvalue weighted by Crippen LogP contribution is -2.02. The van der Waals surface area contributed by atoms with E-state index in [0.29, 0.717) is 17.0 Å². The molecular weight excluding hydrogens is 302 g/mol. The first-order valence-corrected chi connectivity index (χ1v) is 6.46. The van der Waals surface area contributed by atoms with Gasteiger partial charge in [0, 0.05) is 6.07 Å². The van der Waals surface area contributed by atoms with E-state index in [1.807, 2.05) is 0 Å². The summed E-state index contributed by atoms with van der Waals surface area (Å²) >= 11 is 5.87. The van der Waals surface area contributed by atoms with E-state index in [-0.39, 0.29) is 17.4 Å². The maximum Gasteiger partial charge on any atom is 0.245 e. The van der Waals surface area contributed by atoms with Crippen LogP contribution in [-0.2, 0) is 5.88 Å². The highest BCUT2D eigenvalue weighted by molar-refractivity contribution is 6.17. The van der Waals surface area contributed by atoms with E-state index in [1.165, 1.54) is 30.1 Å². The van der Waals surface area contributed by atoms with Crippen LogP contribution in [0.3, 0.4) is 0 Å². The highest BCUT2D eigenvalue weighted by Crippen LogP contribution is 2.26. The van der Waals surface area contributed by atoms with Crippen LogP contribution in [0, 0.1) is 11.6 Å². The summed E-state index contributed by atoms with van der Waals surface area (Å²) in [7, 11) is 1.45. The van der Waals surface area contributed by atoms with Gasteiger partial charge in [-0.15, -0.1) is 11.6 Å². The molecule has 0 bridgehead atoms. The van der Waals surface area contributed by atoms with E-state index in [0.717, 1.165) is 6.07 Å². The molecule has 1 aromatic carbocycles. The number of ether oxygens (including phenoxy) is 1. The Morgan fingerprint density at radius 1 is 1.19 bits per heavy atom. The monoisotopic (exact) mass is 310 g/mol. The van der Waals surface area contributed by atoms with Crippen LogP contribution in [0.5, 0.6) is 5.88 Å². The number of methoxy groups -OCH3 is 1. The first-order chi connectivity index (χ1) is 10.1. The average molecular weight is 311 g/mol. The van der Waals surface area contributed by atoms with Gasteiger partial charge in [0.15, 0.2) is 11.2 Å². The second kappa shape index (κ2) is 5.25. The molecule has 0 spiro atoms. The summed E-state index contributed by atoms with van der Waals surface area (Å²) < 4.78 is 33.5. The molecule has 0 saturated carbocycles. The lowest BCUT2D eigenvalue weighted by atomic mass is 10.3. The molecule has 0 fully saturated rings. The number of aromatic nitrogens is 4. The Morgan fingerprint density at radius 2 is 1.90 bits per heavy atom. The summed E-state index contributed by atoms with van der Waals surface area (Å²) in [6.45, 7) is 0. The van der Waals surface area contributed by atoms with Crippen molar-refractivity contribution in [2.24, 2.45) is 0 Å². The minimum atomic E-state index is -0.701. The van der Waals surface area contributed by atoms with Crippen molar-refractivity contribution in [2.75, 3.05) is 7.11 Å². The van der Waals surface area contributed by atoms with E-state index in [4.69, 9.17) is 16.3 Å². The molecule has 0 aliphatic heterocycles. The lowest BCUT2D eigenvalue weighted by molar-refractivity contribution is 0.401. The van der Waals surface area contributed by atoms with Crippen molar-refractivity contribution in [3.05, 3.63) is 42.0 Å². The molecule has 0 atom stereocenters. The third-order valence-corrected chi connectivity index (χ3v) is 3.14. The third-order valence-electron chi connectivity index (χ3n) is 2.90. The van der Waals surface area contributed by atoms with Crippen molar-refractivity contribution in [3.63, 3.8) is 0 Å². The molecule has 8 heteroatoms. The number of nitrogens with zero attached hydrogens (tertiary/aromatic N) is 4. The largest absolute Gasteiger partial charge is 0.479 e. The van der Waals surface area contributed by atoms with Crippen LogP contribution in [0.1, 0.15) is 5.82 Å².